The number of nitro groups is 1. The van der Waals surface area contributed by atoms with Crippen LogP contribution in [0, 0.1) is 28.9 Å². The molecule has 2 atom stereocenters. The molecule has 7 heteroatoms. The van der Waals surface area contributed by atoms with Crippen LogP contribution in [0.25, 0.3) is 0 Å². The quantitative estimate of drug-likeness (QED) is 0.267. The van der Waals surface area contributed by atoms with Crippen LogP contribution in [0.2, 0.25) is 0 Å². The Balaban J connectivity index is 1.41. The molecule has 3 aliphatic carbocycles. The van der Waals surface area contributed by atoms with E-state index >= 15 is 0 Å². The lowest BCUT2D eigenvalue weighted by Gasteiger charge is -2.45. The smallest absolute Gasteiger partial charge is 0.272 e. The summed E-state index contributed by atoms with van der Waals surface area (Å²) < 4.78 is 0. The summed E-state index contributed by atoms with van der Waals surface area (Å²) in [4.78, 5) is 37.8. The van der Waals surface area contributed by atoms with Crippen LogP contribution in [-0.2, 0) is 9.59 Å². The molecule has 0 aromatic heterocycles. The summed E-state index contributed by atoms with van der Waals surface area (Å²) in [5, 5.41) is 16.4. The minimum absolute atomic E-state index is 0.0318. The summed E-state index contributed by atoms with van der Waals surface area (Å²) in [5.74, 6) is -2.02. The van der Waals surface area contributed by atoms with Gasteiger partial charge in [-0.2, -0.15) is 10.1 Å². The molecule has 0 unspecified atom stereocenters. The average Bonchev–Trinajstić information content (AvgIpc) is 3.08. The van der Waals surface area contributed by atoms with Crippen molar-refractivity contribution >= 4 is 23.7 Å². The second kappa shape index (κ2) is 6.93. The molecule has 3 aromatic rings. The first-order chi connectivity index (χ1) is 16.0. The Morgan fingerprint density at radius 2 is 1.33 bits per heavy atom. The van der Waals surface area contributed by atoms with Crippen molar-refractivity contribution in [2.75, 3.05) is 0 Å². The molecule has 33 heavy (non-hydrogen) atoms. The first-order valence-corrected chi connectivity index (χ1v) is 10.8. The van der Waals surface area contributed by atoms with Crippen molar-refractivity contribution in [1.29, 1.82) is 0 Å². The molecule has 1 fully saturated rings. The maximum atomic E-state index is 13.5. The van der Waals surface area contributed by atoms with Crippen LogP contribution in [0.1, 0.15) is 45.2 Å². The van der Waals surface area contributed by atoms with E-state index < -0.39 is 16.8 Å². The van der Waals surface area contributed by atoms with Crippen molar-refractivity contribution < 1.29 is 14.5 Å². The number of aryl methyl sites for hydroxylation is 1. The van der Waals surface area contributed by atoms with E-state index in [2.05, 4.69) is 5.10 Å². The first-order valence-electron chi connectivity index (χ1n) is 10.8. The predicted octanol–water partition coefficient (Wildman–Crippen LogP) is 4.13. The van der Waals surface area contributed by atoms with E-state index in [1.165, 1.54) is 12.3 Å². The number of hydrogen-bond acceptors (Lipinski definition) is 5. The van der Waals surface area contributed by atoms with Crippen LogP contribution in [0.5, 0.6) is 0 Å². The van der Waals surface area contributed by atoms with E-state index in [0.717, 1.165) is 27.3 Å². The van der Waals surface area contributed by atoms with Crippen molar-refractivity contribution in [2.45, 2.75) is 18.8 Å². The van der Waals surface area contributed by atoms with Gasteiger partial charge in [-0.25, -0.2) is 0 Å². The number of carbonyl (C=O) groups is 2. The van der Waals surface area contributed by atoms with E-state index in [4.69, 9.17) is 0 Å². The highest BCUT2D eigenvalue weighted by Gasteiger charge is 2.61. The third kappa shape index (κ3) is 2.65. The zero-order valence-electron chi connectivity index (χ0n) is 17.7. The molecule has 7 rings (SSSR count). The Kier molecular flexibility index (Phi) is 4.11. The van der Waals surface area contributed by atoms with Crippen LogP contribution in [0.4, 0.5) is 5.69 Å². The Labute approximate surface area is 189 Å². The van der Waals surface area contributed by atoms with Gasteiger partial charge in [0, 0.05) is 29.0 Å². The molecule has 0 saturated carbocycles. The van der Waals surface area contributed by atoms with Crippen LogP contribution < -0.4 is 0 Å². The van der Waals surface area contributed by atoms with Gasteiger partial charge >= 0.3 is 0 Å². The van der Waals surface area contributed by atoms with Crippen molar-refractivity contribution in [1.82, 2.24) is 5.01 Å². The van der Waals surface area contributed by atoms with Gasteiger partial charge in [0.25, 0.3) is 17.5 Å². The SMILES string of the molecule is Cc1ccc(/C=N\N2C(=O)[C@@H]3C4c5ccccc5C(c5ccccc54)[C@H]3C2=O)cc1[N+](=O)[O-]. The standard InChI is InChI=1S/C26H19N3O4/c1-14-10-11-15(12-20(14)29(32)33)13-27-28-25(30)23-21-16-6-2-3-7-17(16)22(24(23)26(28)31)19-9-5-4-8-18(19)21/h2-13,21-24H,1H3/b27-13-/t21?,22?,23-,24-/m1/s1. The molecule has 1 aliphatic heterocycles. The molecular formula is C26H19N3O4. The van der Waals surface area contributed by atoms with E-state index in [1.54, 1.807) is 19.1 Å². The summed E-state index contributed by atoms with van der Waals surface area (Å²) in [6.07, 6.45) is 1.35. The lowest BCUT2D eigenvalue weighted by Crippen LogP contribution is -2.41. The zero-order valence-corrected chi connectivity index (χ0v) is 17.7. The van der Waals surface area contributed by atoms with Crippen LogP contribution in [0.15, 0.2) is 71.8 Å². The largest absolute Gasteiger partial charge is 0.272 e. The summed E-state index contributed by atoms with van der Waals surface area (Å²) in [6, 6.07) is 20.8. The molecule has 2 amide bonds. The van der Waals surface area contributed by atoms with Gasteiger partial charge in [0.05, 0.1) is 23.0 Å². The molecule has 0 N–H and O–H groups in total. The maximum absolute atomic E-state index is 13.5. The molecule has 2 bridgehead atoms. The van der Waals surface area contributed by atoms with E-state index in [-0.39, 0.29) is 29.3 Å². The monoisotopic (exact) mass is 437 g/mol. The molecule has 0 spiro atoms. The molecule has 1 saturated heterocycles. The molecule has 7 nitrogen and oxygen atoms in total. The highest BCUT2D eigenvalue weighted by molar-refractivity contribution is 6.08. The Bertz CT molecular complexity index is 1280. The number of amides is 2. The lowest BCUT2D eigenvalue weighted by atomic mass is 9.55. The van der Waals surface area contributed by atoms with Crippen molar-refractivity contribution in [3.8, 4) is 0 Å². The molecule has 0 radical (unpaired) electrons. The second-order valence-corrected chi connectivity index (χ2v) is 8.80. The van der Waals surface area contributed by atoms with Gasteiger partial charge in [-0.3, -0.25) is 19.7 Å². The number of nitro benzene ring substituents is 1. The highest BCUT2D eigenvalue weighted by Crippen LogP contribution is 2.60. The number of nitrogens with zero attached hydrogens (tertiary/aromatic N) is 3. The van der Waals surface area contributed by atoms with Gasteiger partial charge in [-0.05, 0) is 29.2 Å². The first kappa shape index (κ1) is 19.5. The Morgan fingerprint density at radius 3 is 1.79 bits per heavy atom. The molecule has 3 aromatic carbocycles. The summed E-state index contributed by atoms with van der Waals surface area (Å²) in [7, 11) is 0. The van der Waals surface area contributed by atoms with Gasteiger partial charge < -0.3 is 0 Å². The Hall–Kier alpha value is -4.13. The predicted molar refractivity (Wildman–Crippen MR) is 121 cm³/mol. The van der Waals surface area contributed by atoms with Crippen molar-refractivity contribution in [3.63, 3.8) is 0 Å². The fraction of sp³-hybridized carbons (Fsp3) is 0.192. The summed E-state index contributed by atoms with van der Waals surface area (Å²) in [6.45, 7) is 1.66. The fourth-order valence-corrected chi connectivity index (χ4v) is 5.80. The van der Waals surface area contributed by atoms with Gasteiger partial charge in [0.15, 0.2) is 0 Å². The maximum Gasteiger partial charge on any atom is 0.272 e. The fourth-order valence-electron chi connectivity index (χ4n) is 5.80. The van der Waals surface area contributed by atoms with E-state index in [0.29, 0.717) is 11.1 Å². The van der Waals surface area contributed by atoms with Gasteiger partial charge in [-0.15, -0.1) is 0 Å². The van der Waals surface area contributed by atoms with E-state index in [1.807, 2.05) is 48.5 Å². The number of imide groups is 1. The van der Waals surface area contributed by atoms with Crippen LogP contribution >= 0.6 is 0 Å². The average molecular weight is 437 g/mol. The minimum Gasteiger partial charge on any atom is -0.272 e. The number of benzene rings is 3. The van der Waals surface area contributed by atoms with Crippen LogP contribution in [-0.4, -0.2) is 28.0 Å². The summed E-state index contributed by atoms with van der Waals surface area (Å²) >= 11 is 0. The van der Waals surface area contributed by atoms with Crippen LogP contribution in [0.3, 0.4) is 0 Å². The molecule has 4 aliphatic rings. The third-order valence-corrected chi connectivity index (χ3v) is 7.18. The second-order valence-electron chi connectivity index (χ2n) is 8.80. The highest BCUT2D eigenvalue weighted by atomic mass is 16.6. The number of hydrogen-bond donors (Lipinski definition) is 0. The lowest BCUT2D eigenvalue weighted by molar-refractivity contribution is -0.385. The normalized spacial score (nSPS) is 24.7. The molecular weight excluding hydrogens is 418 g/mol. The molecule has 1 heterocycles. The number of rotatable bonds is 3. The Morgan fingerprint density at radius 1 is 0.848 bits per heavy atom. The third-order valence-electron chi connectivity index (χ3n) is 7.18. The van der Waals surface area contributed by atoms with Crippen molar-refractivity contribution in [2.24, 2.45) is 16.9 Å². The summed E-state index contributed by atoms with van der Waals surface area (Å²) in [5.41, 5.74) is 5.36. The van der Waals surface area contributed by atoms with E-state index in [9.17, 15) is 19.7 Å². The van der Waals surface area contributed by atoms with Gasteiger partial charge in [-0.1, -0.05) is 60.7 Å². The molecule has 162 valence electrons. The topological polar surface area (TPSA) is 92.9 Å². The minimum atomic E-state index is -0.503. The van der Waals surface area contributed by atoms with Gasteiger partial charge in [0.2, 0.25) is 0 Å². The number of hydrazone groups is 1. The number of carbonyl (C=O) groups excluding carboxylic acids is 2. The van der Waals surface area contributed by atoms with Crippen molar-refractivity contribution in [3.05, 3.63) is 110 Å². The van der Waals surface area contributed by atoms with Gasteiger partial charge in [0.1, 0.15) is 0 Å². The zero-order chi connectivity index (χ0) is 22.9.